The Labute approximate surface area is 116 Å². The second-order valence-corrected chi connectivity index (χ2v) is 6.75. The van der Waals surface area contributed by atoms with Crippen molar-refractivity contribution >= 4 is 22.6 Å². The lowest BCUT2D eigenvalue weighted by molar-refractivity contribution is 0.0270. The van der Waals surface area contributed by atoms with E-state index in [1.165, 1.54) is 16.2 Å². The van der Waals surface area contributed by atoms with Crippen molar-refractivity contribution in [2.45, 2.75) is 38.4 Å². The highest BCUT2D eigenvalue weighted by molar-refractivity contribution is 7.15. The average molecular weight is 285 g/mol. The van der Waals surface area contributed by atoms with Crippen LogP contribution in [-0.4, -0.2) is 45.9 Å². The highest BCUT2D eigenvalue weighted by Crippen LogP contribution is 2.32. The first-order valence-electron chi connectivity index (χ1n) is 6.13. The summed E-state index contributed by atoms with van der Waals surface area (Å²) in [5, 5.41) is 10.5. The van der Waals surface area contributed by atoms with Gasteiger partial charge in [0.15, 0.2) is 5.13 Å². The fraction of sp³-hybridized carbons (Fsp3) is 0.667. The zero-order valence-corrected chi connectivity index (χ0v) is 12.1. The van der Waals surface area contributed by atoms with Crippen LogP contribution in [0.5, 0.6) is 0 Å². The SMILES string of the molecule is CC(C)(C)OC(=O)N1C[C@@H](O)[C@H](c2cnc(N)s2)C1. The minimum atomic E-state index is -0.604. The normalized spacial score (nSPS) is 23.7. The van der Waals surface area contributed by atoms with Gasteiger partial charge in [-0.25, -0.2) is 9.78 Å². The van der Waals surface area contributed by atoms with Gasteiger partial charge in [-0.2, -0.15) is 0 Å². The molecule has 6 nitrogen and oxygen atoms in total. The summed E-state index contributed by atoms with van der Waals surface area (Å²) in [4.78, 5) is 18.3. The molecule has 1 fully saturated rings. The molecule has 2 rings (SSSR count). The van der Waals surface area contributed by atoms with E-state index in [9.17, 15) is 9.90 Å². The molecule has 0 radical (unpaired) electrons. The fourth-order valence-electron chi connectivity index (χ4n) is 2.01. The summed E-state index contributed by atoms with van der Waals surface area (Å²) in [5.41, 5.74) is 5.06. The maximum absolute atomic E-state index is 11.9. The third-order valence-corrected chi connectivity index (χ3v) is 3.81. The number of carbonyl (C=O) groups is 1. The number of carbonyl (C=O) groups excluding carboxylic acids is 1. The van der Waals surface area contributed by atoms with E-state index >= 15 is 0 Å². The van der Waals surface area contributed by atoms with Crippen LogP contribution in [-0.2, 0) is 4.74 Å². The monoisotopic (exact) mass is 285 g/mol. The lowest BCUT2D eigenvalue weighted by atomic mass is 10.1. The van der Waals surface area contributed by atoms with Gasteiger partial charge in [-0.1, -0.05) is 0 Å². The van der Waals surface area contributed by atoms with Crippen LogP contribution in [0.25, 0.3) is 0 Å². The van der Waals surface area contributed by atoms with Crippen LogP contribution in [0.3, 0.4) is 0 Å². The third kappa shape index (κ3) is 3.36. The van der Waals surface area contributed by atoms with Gasteiger partial charge in [0.2, 0.25) is 0 Å². The van der Waals surface area contributed by atoms with E-state index in [0.29, 0.717) is 11.7 Å². The van der Waals surface area contributed by atoms with Crippen LogP contribution < -0.4 is 5.73 Å². The first-order valence-corrected chi connectivity index (χ1v) is 6.95. The molecule has 0 unspecified atom stereocenters. The number of aliphatic hydroxyl groups is 1. The van der Waals surface area contributed by atoms with Crippen molar-refractivity contribution < 1.29 is 14.6 Å². The minimum Gasteiger partial charge on any atom is -0.444 e. The number of likely N-dealkylation sites (tertiary alicyclic amines) is 1. The molecule has 1 aromatic heterocycles. The fourth-order valence-corrected chi connectivity index (χ4v) is 2.85. The summed E-state index contributed by atoms with van der Waals surface area (Å²) in [6, 6.07) is 0. The zero-order valence-electron chi connectivity index (χ0n) is 11.3. The molecule has 7 heteroatoms. The number of rotatable bonds is 1. The molecule has 0 saturated carbocycles. The number of nitrogens with zero attached hydrogens (tertiary/aromatic N) is 2. The number of nitrogens with two attached hydrogens (primary N) is 1. The maximum Gasteiger partial charge on any atom is 0.410 e. The van der Waals surface area contributed by atoms with Crippen molar-refractivity contribution in [3.8, 4) is 0 Å². The molecule has 1 aliphatic rings. The largest absolute Gasteiger partial charge is 0.444 e. The van der Waals surface area contributed by atoms with E-state index in [2.05, 4.69) is 4.98 Å². The number of hydrogen-bond donors (Lipinski definition) is 2. The van der Waals surface area contributed by atoms with Gasteiger partial charge in [0.25, 0.3) is 0 Å². The number of aromatic nitrogens is 1. The molecular weight excluding hydrogens is 266 g/mol. The standard InChI is InChI=1S/C12H19N3O3S/c1-12(2,3)18-11(17)15-5-7(8(16)6-15)9-4-14-10(13)19-9/h4,7-8,16H,5-6H2,1-3H3,(H2,13,14)/t7-,8-/m1/s1. The Bertz CT molecular complexity index is 469. The summed E-state index contributed by atoms with van der Waals surface area (Å²) in [6.45, 7) is 6.16. The number of amides is 1. The molecule has 3 N–H and O–H groups in total. The Balaban J connectivity index is 2.03. The molecule has 2 heterocycles. The van der Waals surface area contributed by atoms with Gasteiger partial charge in [0.05, 0.1) is 12.6 Å². The van der Waals surface area contributed by atoms with E-state index in [-0.39, 0.29) is 12.5 Å². The van der Waals surface area contributed by atoms with Crippen LogP contribution >= 0.6 is 11.3 Å². The number of ether oxygens (including phenoxy) is 1. The molecule has 0 bridgehead atoms. The van der Waals surface area contributed by atoms with Crippen LogP contribution in [0, 0.1) is 0 Å². The molecule has 106 valence electrons. The first kappa shape index (κ1) is 14.1. The molecule has 1 saturated heterocycles. The number of β-amino-alcohol motifs (C(OH)–C–C–N with tert-alkyl or cyclic N) is 1. The molecule has 1 aliphatic heterocycles. The number of aliphatic hydroxyl groups excluding tert-OH is 1. The van der Waals surface area contributed by atoms with E-state index in [4.69, 9.17) is 10.5 Å². The lowest BCUT2D eigenvalue weighted by Crippen LogP contribution is -2.35. The average Bonchev–Trinajstić information content (AvgIpc) is 2.82. The Hall–Kier alpha value is -1.34. The second kappa shape index (κ2) is 4.97. The zero-order chi connectivity index (χ0) is 14.2. The van der Waals surface area contributed by atoms with Crippen molar-refractivity contribution in [1.82, 2.24) is 9.88 Å². The molecule has 0 aliphatic carbocycles. The number of hydrogen-bond acceptors (Lipinski definition) is 6. The summed E-state index contributed by atoms with van der Waals surface area (Å²) >= 11 is 1.34. The second-order valence-electron chi connectivity index (χ2n) is 5.66. The van der Waals surface area contributed by atoms with Gasteiger partial charge < -0.3 is 20.5 Å². The smallest absolute Gasteiger partial charge is 0.410 e. The Morgan fingerprint density at radius 1 is 1.58 bits per heavy atom. The highest BCUT2D eigenvalue weighted by Gasteiger charge is 2.37. The Morgan fingerprint density at radius 2 is 2.26 bits per heavy atom. The minimum absolute atomic E-state index is 0.137. The van der Waals surface area contributed by atoms with Gasteiger partial charge in [-0.05, 0) is 20.8 Å². The molecule has 0 spiro atoms. The van der Waals surface area contributed by atoms with Crippen LogP contribution in [0.15, 0.2) is 6.20 Å². The maximum atomic E-state index is 11.9. The predicted octanol–water partition coefficient (Wildman–Crippen LogP) is 1.42. The van der Waals surface area contributed by atoms with E-state index in [1.807, 2.05) is 20.8 Å². The van der Waals surface area contributed by atoms with Gasteiger partial charge in [-0.3, -0.25) is 0 Å². The Kier molecular flexibility index (Phi) is 3.69. The van der Waals surface area contributed by atoms with Crippen LogP contribution in [0.1, 0.15) is 31.6 Å². The van der Waals surface area contributed by atoms with Crippen molar-refractivity contribution in [3.63, 3.8) is 0 Å². The quantitative estimate of drug-likeness (QED) is 0.814. The molecule has 0 aromatic carbocycles. The first-order chi connectivity index (χ1) is 8.76. The van der Waals surface area contributed by atoms with Crippen molar-refractivity contribution in [2.75, 3.05) is 18.8 Å². The number of thiazole rings is 1. The predicted molar refractivity (Wildman–Crippen MR) is 73.1 cm³/mol. The molecule has 2 atom stereocenters. The molecule has 1 amide bonds. The highest BCUT2D eigenvalue weighted by atomic mass is 32.1. The van der Waals surface area contributed by atoms with Crippen LogP contribution in [0.2, 0.25) is 0 Å². The van der Waals surface area contributed by atoms with Gasteiger partial charge in [0.1, 0.15) is 5.60 Å². The number of nitrogen functional groups attached to an aromatic ring is 1. The molecule has 1 aromatic rings. The lowest BCUT2D eigenvalue weighted by Gasteiger charge is -2.24. The van der Waals surface area contributed by atoms with Gasteiger partial charge in [0, 0.05) is 23.5 Å². The Morgan fingerprint density at radius 3 is 2.79 bits per heavy atom. The topological polar surface area (TPSA) is 88.7 Å². The van der Waals surface area contributed by atoms with Crippen molar-refractivity contribution in [1.29, 1.82) is 0 Å². The summed E-state index contributed by atoms with van der Waals surface area (Å²) < 4.78 is 5.30. The van der Waals surface area contributed by atoms with Gasteiger partial charge in [-0.15, -0.1) is 11.3 Å². The van der Waals surface area contributed by atoms with Crippen LogP contribution in [0.4, 0.5) is 9.93 Å². The van der Waals surface area contributed by atoms with Crippen molar-refractivity contribution in [3.05, 3.63) is 11.1 Å². The summed E-state index contributed by atoms with van der Waals surface area (Å²) in [5.74, 6) is -0.137. The summed E-state index contributed by atoms with van der Waals surface area (Å²) in [7, 11) is 0. The molecule has 19 heavy (non-hydrogen) atoms. The van der Waals surface area contributed by atoms with E-state index < -0.39 is 17.8 Å². The number of anilines is 1. The third-order valence-electron chi connectivity index (χ3n) is 2.85. The van der Waals surface area contributed by atoms with E-state index in [0.717, 1.165) is 4.88 Å². The van der Waals surface area contributed by atoms with Gasteiger partial charge >= 0.3 is 6.09 Å². The summed E-state index contributed by atoms with van der Waals surface area (Å²) in [6.07, 6.45) is 0.658. The van der Waals surface area contributed by atoms with E-state index in [1.54, 1.807) is 6.20 Å². The molecular formula is C12H19N3O3S. The van der Waals surface area contributed by atoms with Crippen molar-refractivity contribution in [2.24, 2.45) is 0 Å².